The molecule has 0 amide bonds. The molecular weight excluding hydrogens is 407 g/mol. The lowest BCUT2D eigenvalue weighted by atomic mass is 9.78. The first kappa shape index (κ1) is 23.4. The van der Waals surface area contributed by atoms with Crippen molar-refractivity contribution in [3.05, 3.63) is 96.3 Å². The number of hydrogen-bond acceptors (Lipinski definition) is 1. The van der Waals surface area contributed by atoms with Crippen molar-refractivity contribution in [3.8, 4) is 22.3 Å². The number of allylic oxidation sites excluding steroid dienone is 1. The van der Waals surface area contributed by atoms with Crippen LogP contribution in [0.5, 0.6) is 0 Å². The van der Waals surface area contributed by atoms with Gasteiger partial charge < -0.3 is 4.74 Å². The average molecular weight is 443 g/mol. The Hall–Kier alpha value is -2.71. The van der Waals surface area contributed by atoms with Gasteiger partial charge in [-0.3, -0.25) is 0 Å². The Kier molecular flexibility index (Phi) is 8.12. The Morgan fingerprint density at radius 1 is 0.879 bits per heavy atom. The number of hydrogen-bond donors (Lipinski definition) is 0. The van der Waals surface area contributed by atoms with E-state index in [1.165, 1.54) is 31.2 Å². The maximum Gasteiger partial charge on any atom is 0.131 e. The maximum atomic E-state index is 15.0. The first-order valence-corrected chi connectivity index (χ1v) is 12.4. The van der Waals surface area contributed by atoms with Gasteiger partial charge in [0.15, 0.2) is 0 Å². The van der Waals surface area contributed by atoms with E-state index in [4.69, 9.17) is 4.74 Å². The lowest BCUT2D eigenvalue weighted by molar-refractivity contribution is 0.118. The Morgan fingerprint density at radius 3 is 2.18 bits per heavy atom. The van der Waals surface area contributed by atoms with E-state index in [-0.39, 0.29) is 5.82 Å². The van der Waals surface area contributed by atoms with E-state index in [9.17, 15) is 0 Å². The highest BCUT2D eigenvalue weighted by Gasteiger charge is 2.20. The summed E-state index contributed by atoms with van der Waals surface area (Å²) in [6.45, 7) is 7.52. The topological polar surface area (TPSA) is 9.23 Å². The molecule has 0 bridgehead atoms. The fourth-order valence-corrected chi connectivity index (χ4v) is 4.78. The molecule has 1 saturated carbocycles. The molecule has 33 heavy (non-hydrogen) atoms. The van der Waals surface area contributed by atoms with Gasteiger partial charge in [0.1, 0.15) is 5.82 Å². The molecule has 172 valence electrons. The average Bonchev–Trinajstić information content (AvgIpc) is 2.87. The highest BCUT2D eigenvalue weighted by molar-refractivity contribution is 5.71. The zero-order valence-corrected chi connectivity index (χ0v) is 19.7. The van der Waals surface area contributed by atoms with E-state index in [2.05, 4.69) is 56.0 Å². The van der Waals surface area contributed by atoms with E-state index >= 15 is 4.39 Å². The summed E-state index contributed by atoms with van der Waals surface area (Å²) in [6, 6.07) is 22.3. The third kappa shape index (κ3) is 6.00. The van der Waals surface area contributed by atoms with Gasteiger partial charge in [-0.05, 0) is 77.8 Å². The van der Waals surface area contributed by atoms with Crippen LogP contribution in [0.1, 0.15) is 62.5 Å². The fourth-order valence-electron chi connectivity index (χ4n) is 4.78. The monoisotopic (exact) mass is 442 g/mol. The summed E-state index contributed by atoms with van der Waals surface area (Å²) in [5.74, 6) is 1.10. The van der Waals surface area contributed by atoms with Gasteiger partial charge in [0.2, 0.25) is 0 Å². The molecule has 3 aromatic carbocycles. The summed E-state index contributed by atoms with van der Waals surface area (Å²) in [5, 5.41) is 0. The lowest BCUT2D eigenvalue weighted by Crippen LogP contribution is -2.11. The lowest BCUT2D eigenvalue weighted by Gasteiger charge is -2.27. The van der Waals surface area contributed by atoms with Crippen LogP contribution in [-0.4, -0.2) is 6.61 Å². The molecule has 0 saturated heterocycles. The predicted molar refractivity (Wildman–Crippen MR) is 137 cm³/mol. The molecule has 0 radical (unpaired) electrons. The van der Waals surface area contributed by atoms with Crippen molar-refractivity contribution in [1.29, 1.82) is 0 Å². The second kappa shape index (κ2) is 11.4. The minimum absolute atomic E-state index is 0.182. The standard InChI is InChI=1S/C31H35FO/c1-3-5-20-33-22-24-8-12-27(13-9-24)29-18-19-30(31(32)21-29)28-16-14-26(15-17-28)25-10-6-23(4-2)7-11-25/h4,8-9,12-19,21,23,25H,2-3,5-7,10-11,20,22H2,1H3. The molecule has 3 aromatic rings. The van der Waals surface area contributed by atoms with Crippen LogP contribution in [0.4, 0.5) is 4.39 Å². The third-order valence-electron chi connectivity index (χ3n) is 6.97. The van der Waals surface area contributed by atoms with E-state index < -0.39 is 0 Å². The molecule has 0 heterocycles. The van der Waals surface area contributed by atoms with Crippen molar-refractivity contribution < 1.29 is 9.13 Å². The van der Waals surface area contributed by atoms with E-state index in [1.54, 1.807) is 6.07 Å². The molecule has 0 spiro atoms. The molecule has 0 unspecified atom stereocenters. The first-order chi connectivity index (χ1) is 16.2. The molecule has 0 aromatic heterocycles. The van der Waals surface area contributed by atoms with Gasteiger partial charge in [0.25, 0.3) is 0 Å². The number of ether oxygens (including phenoxy) is 1. The van der Waals surface area contributed by atoms with Crippen LogP contribution in [0.2, 0.25) is 0 Å². The Morgan fingerprint density at radius 2 is 1.55 bits per heavy atom. The van der Waals surface area contributed by atoms with Crippen LogP contribution >= 0.6 is 0 Å². The molecule has 4 rings (SSSR count). The van der Waals surface area contributed by atoms with Crippen molar-refractivity contribution >= 4 is 0 Å². The van der Waals surface area contributed by atoms with E-state index in [0.29, 0.717) is 24.0 Å². The number of halogens is 1. The Bertz CT molecular complexity index is 1030. The number of benzene rings is 3. The summed E-state index contributed by atoms with van der Waals surface area (Å²) in [6.07, 6.45) is 9.19. The molecular formula is C31H35FO. The zero-order chi connectivity index (χ0) is 23.0. The molecule has 1 aliphatic rings. The van der Waals surface area contributed by atoms with Gasteiger partial charge in [-0.25, -0.2) is 4.39 Å². The minimum Gasteiger partial charge on any atom is -0.377 e. The molecule has 1 aliphatic carbocycles. The summed E-state index contributed by atoms with van der Waals surface area (Å²) < 4.78 is 20.7. The van der Waals surface area contributed by atoms with Crippen LogP contribution in [0.3, 0.4) is 0 Å². The molecule has 1 fully saturated rings. The summed E-state index contributed by atoms with van der Waals surface area (Å²) >= 11 is 0. The maximum absolute atomic E-state index is 15.0. The van der Waals surface area contributed by atoms with Crippen molar-refractivity contribution in [3.63, 3.8) is 0 Å². The van der Waals surface area contributed by atoms with E-state index in [1.807, 2.05) is 24.3 Å². The van der Waals surface area contributed by atoms with Crippen LogP contribution in [0.15, 0.2) is 79.4 Å². The van der Waals surface area contributed by atoms with Crippen LogP contribution in [0.25, 0.3) is 22.3 Å². The van der Waals surface area contributed by atoms with Gasteiger partial charge in [0, 0.05) is 12.2 Å². The summed E-state index contributed by atoms with van der Waals surface area (Å²) in [7, 11) is 0. The molecule has 0 aliphatic heterocycles. The molecule has 1 nitrogen and oxygen atoms in total. The number of unbranched alkanes of at least 4 members (excludes halogenated alkanes) is 1. The normalized spacial score (nSPS) is 18.2. The van der Waals surface area contributed by atoms with Crippen molar-refractivity contribution in [2.75, 3.05) is 6.61 Å². The van der Waals surface area contributed by atoms with Crippen molar-refractivity contribution in [1.82, 2.24) is 0 Å². The number of rotatable bonds is 9. The Balaban J connectivity index is 1.42. The first-order valence-electron chi connectivity index (χ1n) is 12.4. The van der Waals surface area contributed by atoms with Crippen LogP contribution in [-0.2, 0) is 11.3 Å². The SMILES string of the molecule is C=CC1CCC(c2ccc(-c3ccc(-c4ccc(COCCCC)cc4)cc3F)cc2)CC1. The highest BCUT2D eigenvalue weighted by atomic mass is 19.1. The second-order valence-electron chi connectivity index (χ2n) is 9.27. The largest absolute Gasteiger partial charge is 0.377 e. The highest BCUT2D eigenvalue weighted by Crippen LogP contribution is 2.37. The third-order valence-corrected chi connectivity index (χ3v) is 6.97. The van der Waals surface area contributed by atoms with Crippen LogP contribution < -0.4 is 0 Å². The molecule has 0 N–H and O–H groups in total. The van der Waals surface area contributed by atoms with E-state index in [0.717, 1.165) is 41.7 Å². The van der Waals surface area contributed by atoms with Gasteiger partial charge in [-0.1, -0.05) is 80.1 Å². The van der Waals surface area contributed by atoms with Gasteiger partial charge in [-0.2, -0.15) is 0 Å². The van der Waals surface area contributed by atoms with Crippen molar-refractivity contribution in [2.24, 2.45) is 5.92 Å². The van der Waals surface area contributed by atoms with Crippen molar-refractivity contribution in [2.45, 2.75) is 58.0 Å². The summed E-state index contributed by atoms with van der Waals surface area (Å²) in [5.41, 5.74) is 6.01. The Labute approximate surface area is 198 Å². The van der Waals surface area contributed by atoms with Gasteiger partial charge in [0.05, 0.1) is 6.61 Å². The predicted octanol–water partition coefficient (Wildman–Crippen LogP) is 8.94. The summed E-state index contributed by atoms with van der Waals surface area (Å²) in [4.78, 5) is 0. The molecule has 2 heteroatoms. The fraction of sp³-hybridized carbons (Fsp3) is 0.355. The van der Waals surface area contributed by atoms with Crippen LogP contribution in [0, 0.1) is 11.7 Å². The quantitative estimate of drug-likeness (QED) is 0.237. The smallest absolute Gasteiger partial charge is 0.131 e. The van der Waals surface area contributed by atoms with Gasteiger partial charge in [-0.15, -0.1) is 6.58 Å². The zero-order valence-electron chi connectivity index (χ0n) is 19.7. The van der Waals surface area contributed by atoms with Gasteiger partial charge >= 0.3 is 0 Å². The second-order valence-corrected chi connectivity index (χ2v) is 9.27. The molecule has 0 atom stereocenters. The minimum atomic E-state index is -0.182.